The van der Waals surface area contributed by atoms with Crippen molar-refractivity contribution in [3.05, 3.63) is 30.1 Å². The molecule has 1 aliphatic rings. The minimum absolute atomic E-state index is 0.131. The van der Waals surface area contributed by atoms with Crippen molar-refractivity contribution in [3.8, 4) is 5.75 Å². The number of likely N-dealkylation sites (tertiary alicyclic amines) is 1. The van der Waals surface area contributed by atoms with Crippen LogP contribution in [0.3, 0.4) is 0 Å². The summed E-state index contributed by atoms with van der Waals surface area (Å²) in [6, 6.07) is 6.70. The van der Waals surface area contributed by atoms with Crippen molar-refractivity contribution in [1.29, 1.82) is 0 Å². The summed E-state index contributed by atoms with van der Waals surface area (Å²) in [5.41, 5.74) is 5.89. The van der Waals surface area contributed by atoms with Crippen LogP contribution in [0.1, 0.15) is 32.6 Å². The van der Waals surface area contributed by atoms with Crippen LogP contribution in [0.2, 0.25) is 0 Å². The topological polar surface area (TPSA) is 55.6 Å². The maximum atomic E-state index is 13.3. The molecule has 0 aromatic heterocycles. The molecule has 0 spiro atoms. The SMILES string of the molecule is CC1CC(N)CCN1C(=O)CCCOc1ccccc1F. The fraction of sp³-hybridized carbons (Fsp3) is 0.562. The molecular weight excluding hydrogens is 271 g/mol. The quantitative estimate of drug-likeness (QED) is 0.848. The third kappa shape index (κ3) is 4.43. The van der Waals surface area contributed by atoms with E-state index in [-0.39, 0.29) is 29.6 Å². The molecule has 1 aromatic rings. The number of rotatable bonds is 5. The van der Waals surface area contributed by atoms with Crippen molar-refractivity contribution in [2.75, 3.05) is 13.2 Å². The minimum atomic E-state index is -0.373. The number of benzene rings is 1. The maximum absolute atomic E-state index is 13.3. The summed E-state index contributed by atoms with van der Waals surface area (Å²) in [6.07, 6.45) is 2.73. The fourth-order valence-electron chi connectivity index (χ4n) is 2.69. The van der Waals surface area contributed by atoms with Gasteiger partial charge in [0.05, 0.1) is 6.61 Å². The molecule has 1 saturated heterocycles. The molecule has 1 aromatic carbocycles. The second kappa shape index (κ2) is 7.41. The van der Waals surface area contributed by atoms with Crippen LogP contribution in [0.15, 0.2) is 24.3 Å². The van der Waals surface area contributed by atoms with E-state index < -0.39 is 0 Å². The molecule has 1 fully saturated rings. The Morgan fingerprint density at radius 1 is 1.48 bits per heavy atom. The number of piperidine rings is 1. The summed E-state index contributed by atoms with van der Waals surface area (Å²) in [5, 5.41) is 0. The van der Waals surface area contributed by atoms with Gasteiger partial charge in [0.15, 0.2) is 11.6 Å². The maximum Gasteiger partial charge on any atom is 0.222 e. The molecule has 0 bridgehead atoms. The van der Waals surface area contributed by atoms with Crippen molar-refractivity contribution >= 4 is 5.91 Å². The van der Waals surface area contributed by atoms with Crippen LogP contribution in [0, 0.1) is 5.82 Å². The molecule has 2 rings (SSSR count). The molecule has 1 heterocycles. The standard InChI is InChI=1S/C16H23FN2O2/c1-12-11-13(18)8-9-19(12)16(20)7-4-10-21-15-6-3-2-5-14(15)17/h2-3,5-6,12-13H,4,7-11,18H2,1H3. The molecule has 0 aliphatic carbocycles. The number of ether oxygens (including phenoxy) is 1. The van der Waals surface area contributed by atoms with E-state index in [2.05, 4.69) is 0 Å². The van der Waals surface area contributed by atoms with Crippen molar-refractivity contribution in [1.82, 2.24) is 4.90 Å². The zero-order chi connectivity index (χ0) is 15.2. The largest absolute Gasteiger partial charge is 0.491 e. The third-order valence-electron chi connectivity index (χ3n) is 3.87. The highest BCUT2D eigenvalue weighted by Crippen LogP contribution is 2.18. The molecule has 2 unspecified atom stereocenters. The van der Waals surface area contributed by atoms with Gasteiger partial charge in [-0.2, -0.15) is 0 Å². The highest BCUT2D eigenvalue weighted by molar-refractivity contribution is 5.76. The lowest BCUT2D eigenvalue weighted by atomic mass is 9.98. The van der Waals surface area contributed by atoms with Crippen molar-refractivity contribution in [3.63, 3.8) is 0 Å². The van der Waals surface area contributed by atoms with Gasteiger partial charge >= 0.3 is 0 Å². The van der Waals surface area contributed by atoms with Crippen LogP contribution in [0.4, 0.5) is 4.39 Å². The number of carbonyl (C=O) groups excluding carboxylic acids is 1. The van der Waals surface area contributed by atoms with Gasteiger partial charge < -0.3 is 15.4 Å². The summed E-state index contributed by atoms with van der Waals surface area (Å²) < 4.78 is 18.7. The Labute approximate surface area is 125 Å². The summed E-state index contributed by atoms with van der Waals surface area (Å²) >= 11 is 0. The third-order valence-corrected chi connectivity index (χ3v) is 3.87. The lowest BCUT2D eigenvalue weighted by Gasteiger charge is -2.36. The normalized spacial score (nSPS) is 22.1. The smallest absolute Gasteiger partial charge is 0.222 e. The van der Waals surface area contributed by atoms with Crippen LogP contribution < -0.4 is 10.5 Å². The van der Waals surface area contributed by atoms with Gasteiger partial charge in [0, 0.05) is 25.0 Å². The average molecular weight is 294 g/mol. The zero-order valence-electron chi connectivity index (χ0n) is 12.4. The molecule has 0 radical (unpaired) electrons. The van der Waals surface area contributed by atoms with E-state index in [0.29, 0.717) is 19.4 Å². The van der Waals surface area contributed by atoms with Gasteiger partial charge in [0.2, 0.25) is 5.91 Å². The van der Waals surface area contributed by atoms with E-state index in [1.54, 1.807) is 18.2 Å². The van der Waals surface area contributed by atoms with Crippen LogP contribution in [0.5, 0.6) is 5.75 Å². The first-order valence-corrected chi connectivity index (χ1v) is 7.50. The van der Waals surface area contributed by atoms with Crippen LogP contribution in [-0.4, -0.2) is 36.0 Å². The highest BCUT2D eigenvalue weighted by atomic mass is 19.1. The summed E-state index contributed by atoms with van der Waals surface area (Å²) in [6.45, 7) is 3.11. The summed E-state index contributed by atoms with van der Waals surface area (Å²) in [4.78, 5) is 14.0. The highest BCUT2D eigenvalue weighted by Gasteiger charge is 2.26. The van der Waals surface area contributed by atoms with Crippen molar-refractivity contribution < 1.29 is 13.9 Å². The van der Waals surface area contributed by atoms with Gasteiger partial charge in [-0.15, -0.1) is 0 Å². The molecule has 2 N–H and O–H groups in total. The molecule has 1 aliphatic heterocycles. The van der Waals surface area contributed by atoms with Crippen LogP contribution in [-0.2, 0) is 4.79 Å². The van der Waals surface area contributed by atoms with Crippen LogP contribution in [0.25, 0.3) is 0 Å². The number of carbonyl (C=O) groups is 1. The number of nitrogens with two attached hydrogens (primary N) is 1. The van der Waals surface area contributed by atoms with Crippen molar-refractivity contribution in [2.24, 2.45) is 5.73 Å². The Kier molecular flexibility index (Phi) is 5.56. The molecule has 116 valence electrons. The second-order valence-corrected chi connectivity index (χ2v) is 5.60. The molecule has 4 nitrogen and oxygen atoms in total. The minimum Gasteiger partial charge on any atom is -0.491 e. The summed E-state index contributed by atoms with van der Waals surface area (Å²) in [5.74, 6) is -0.00346. The predicted octanol–water partition coefficient (Wildman–Crippen LogP) is 2.32. The Morgan fingerprint density at radius 2 is 2.24 bits per heavy atom. The Hall–Kier alpha value is -1.62. The average Bonchev–Trinajstić information content (AvgIpc) is 2.45. The number of hydrogen-bond acceptors (Lipinski definition) is 3. The van der Waals surface area contributed by atoms with E-state index >= 15 is 0 Å². The number of halogens is 1. The van der Waals surface area contributed by atoms with Gasteiger partial charge in [-0.1, -0.05) is 12.1 Å². The number of amides is 1. The molecular formula is C16H23FN2O2. The van der Waals surface area contributed by atoms with E-state index in [9.17, 15) is 9.18 Å². The first-order valence-electron chi connectivity index (χ1n) is 7.50. The number of para-hydroxylation sites is 1. The number of hydrogen-bond donors (Lipinski definition) is 1. The Balaban J connectivity index is 1.71. The van der Waals surface area contributed by atoms with E-state index in [1.165, 1.54) is 6.07 Å². The summed E-state index contributed by atoms with van der Waals surface area (Å²) in [7, 11) is 0. The number of nitrogens with zero attached hydrogens (tertiary/aromatic N) is 1. The molecule has 1 amide bonds. The lowest BCUT2D eigenvalue weighted by molar-refractivity contribution is -0.134. The van der Waals surface area contributed by atoms with Gasteiger partial charge in [-0.3, -0.25) is 4.79 Å². The lowest BCUT2D eigenvalue weighted by Crippen LogP contribution is -2.48. The monoisotopic (exact) mass is 294 g/mol. The molecule has 2 atom stereocenters. The van der Waals surface area contributed by atoms with Crippen LogP contribution >= 0.6 is 0 Å². The molecule has 5 heteroatoms. The van der Waals surface area contributed by atoms with Gasteiger partial charge in [0.1, 0.15) is 0 Å². The molecule has 0 saturated carbocycles. The second-order valence-electron chi connectivity index (χ2n) is 5.60. The van der Waals surface area contributed by atoms with Crippen molar-refractivity contribution in [2.45, 2.75) is 44.7 Å². The van der Waals surface area contributed by atoms with Gasteiger partial charge in [-0.05, 0) is 38.3 Å². The zero-order valence-corrected chi connectivity index (χ0v) is 12.4. The van der Waals surface area contributed by atoms with E-state index in [4.69, 9.17) is 10.5 Å². The first-order chi connectivity index (χ1) is 10.1. The molecule has 21 heavy (non-hydrogen) atoms. The first kappa shape index (κ1) is 15.8. The Morgan fingerprint density at radius 3 is 2.95 bits per heavy atom. The Bertz CT molecular complexity index is 481. The van der Waals surface area contributed by atoms with Gasteiger partial charge in [0.25, 0.3) is 0 Å². The predicted molar refractivity (Wildman–Crippen MR) is 79.5 cm³/mol. The fourth-order valence-corrected chi connectivity index (χ4v) is 2.69. The van der Waals surface area contributed by atoms with Gasteiger partial charge in [-0.25, -0.2) is 4.39 Å². The van der Waals surface area contributed by atoms with E-state index in [1.807, 2.05) is 11.8 Å². The van der Waals surface area contributed by atoms with E-state index in [0.717, 1.165) is 19.4 Å².